The SMILES string of the molecule is CNC(=O)CSc1c(N(C=O)c2ccc(F)cc2F)c(C(F)(F)F)nn1C. The Hall–Kier alpha value is -2.63. The maximum atomic E-state index is 14.1. The maximum absolute atomic E-state index is 14.1. The molecule has 0 atom stereocenters. The number of halogens is 5. The Morgan fingerprint density at radius 1 is 1.37 bits per heavy atom. The first-order valence-electron chi connectivity index (χ1n) is 7.27. The molecule has 0 unspecified atom stereocenters. The zero-order valence-electron chi connectivity index (χ0n) is 14.0. The first-order chi connectivity index (χ1) is 12.6. The Morgan fingerprint density at radius 3 is 2.56 bits per heavy atom. The van der Waals surface area contributed by atoms with Crippen molar-refractivity contribution >= 4 is 35.5 Å². The summed E-state index contributed by atoms with van der Waals surface area (Å²) in [5.41, 5.74) is -2.79. The second-order valence-corrected chi connectivity index (χ2v) is 6.12. The molecular weight excluding hydrogens is 395 g/mol. The normalized spacial score (nSPS) is 11.4. The molecule has 1 N–H and O–H groups in total. The van der Waals surface area contributed by atoms with Crippen LogP contribution in [0.1, 0.15) is 5.69 Å². The number of carbonyl (C=O) groups is 2. The molecule has 12 heteroatoms. The van der Waals surface area contributed by atoms with Crippen molar-refractivity contribution in [2.24, 2.45) is 7.05 Å². The van der Waals surface area contributed by atoms with Crippen LogP contribution in [0.4, 0.5) is 33.3 Å². The van der Waals surface area contributed by atoms with Gasteiger partial charge in [0, 0.05) is 20.2 Å². The molecule has 0 radical (unpaired) electrons. The van der Waals surface area contributed by atoms with Crippen molar-refractivity contribution in [3.05, 3.63) is 35.5 Å². The molecule has 1 aromatic heterocycles. The minimum Gasteiger partial charge on any atom is -0.358 e. The minimum absolute atomic E-state index is 0.0352. The summed E-state index contributed by atoms with van der Waals surface area (Å²) in [6, 6.07) is 2.07. The molecule has 2 amide bonds. The van der Waals surface area contributed by atoms with E-state index in [2.05, 4.69) is 10.4 Å². The van der Waals surface area contributed by atoms with Gasteiger partial charge in [0.1, 0.15) is 22.3 Å². The lowest BCUT2D eigenvalue weighted by molar-refractivity contribution is -0.141. The summed E-state index contributed by atoms with van der Waals surface area (Å²) in [6.45, 7) is 0. The fraction of sp³-hybridized carbons (Fsp3) is 0.267. The number of aromatic nitrogens is 2. The van der Waals surface area contributed by atoms with Gasteiger partial charge < -0.3 is 5.32 Å². The number of rotatable bonds is 6. The third-order valence-corrected chi connectivity index (χ3v) is 4.51. The Kier molecular flexibility index (Phi) is 6.08. The summed E-state index contributed by atoms with van der Waals surface area (Å²) < 4.78 is 68.3. The van der Waals surface area contributed by atoms with Crippen LogP contribution >= 0.6 is 11.8 Å². The number of benzene rings is 1. The van der Waals surface area contributed by atoms with Crippen LogP contribution in [0.15, 0.2) is 23.2 Å². The fourth-order valence-corrected chi connectivity index (χ4v) is 3.15. The summed E-state index contributed by atoms with van der Waals surface area (Å²) in [4.78, 5) is 23.4. The molecule has 0 aliphatic heterocycles. The van der Waals surface area contributed by atoms with Crippen LogP contribution in [-0.2, 0) is 22.8 Å². The second-order valence-electron chi connectivity index (χ2n) is 5.16. The monoisotopic (exact) mass is 408 g/mol. The van der Waals surface area contributed by atoms with Gasteiger partial charge in [-0.2, -0.15) is 18.3 Å². The number of anilines is 2. The Bertz CT molecular complexity index is 869. The van der Waals surface area contributed by atoms with Crippen molar-refractivity contribution in [1.29, 1.82) is 0 Å². The molecular formula is C15H13F5N4O2S. The van der Waals surface area contributed by atoms with Gasteiger partial charge in [0.05, 0.1) is 11.4 Å². The third kappa shape index (κ3) is 4.38. The maximum Gasteiger partial charge on any atom is 0.437 e. The predicted molar refractivity (Wildman–Crippen MR) is 87.6 cm³/mol. The minimum atomic E-state index is -4.96. The van der Waals surface area contributed by atoms with Crippen molar-refractivity contribution in [2.45, 2.75) is 11.2 Å². The average molecular weight is 408 g/mol. The van der Waals surface area contributed by atoms with Gasteiger partial charge in [-0.05, 0) is 12.1 Å². The lowest BCUT2D eigenvalue weighted by Crippen LogP contribution is -2.22. The molecule has 0 saturated heterocycles. The molecule has 146 valence electrons. The van der Waals surface area contributed by atoms with Gasteiger partial charge >= 0.3 is 6.18 Å². The van der Waals surface area contributed by atoms with Gasteiger partial charge in [-0.3, -0.25) is 19.2 Å². The van der Waals surface area contributed by atoms with E-state index >= 15 is 0 Å². The van der Waals surface area contributed by atoms with Gasteiger partial charge in [-0.1, -0.05) is 11.8 Å². The van der Waals surface area contributed by atoms with Crippen LogP contribution in [0.25, 0.3) is 0 Å². The molecule has 0 fully saturated rings. The average Bonchev–Trinajstić information content (AvgIpc) is 2.92. The van der Waals surface area contributed by atoms with Gasteiger partial charge in [0.15, 0.2) is 5.69 Å². The van der Waals surface area contributed by atoms with Gasteiger partial charge in [-0.15, -0.1) is 0 Å². The van der Waals surface area contributed by atoms with Crippen molar-refractivity contribution in [2.75, 3.05) is 17.7 Å². The van der Waals surface area contributed by atoms with Crippen LogP contribution in [-0.4, -0.2) is 34.9 Å². The molecule has 2 aromatic rings. The zero-order valence-corrected chi connectivity index (χ0v) is 14.8. The molecule has 6 nitrogen and oxygen atoms in total. The highest BCUT2D eigenvalue weighted by Crippen LogP contribution is 2.44. The number of aryl methyl sites for hydroxylation is 1. The van der Waals surface area contributed by atoms with Crippen molar-refractivity contribution in [3.63, 3.8) is 0 Å². The third-order valence-electron chi connectivity index (χ3n) is 3.37. The summed E-state index contributed by atoms with van der Waals surface area (Å²) in [6.07, 6.45) is -5.00. The molecule has 0 spiro atoms. The Morgan fingerprint density at radius 2 is 2.04 bits per heavy atom. The van der Waals surface area contributed by atoms with Crippen LogP contribution < -0.4 is 10.2 Å². The van der Waals surface area contributed by atoms with Crippen molar-refractivity contribution < 1.29 is 31.5 Å². The van der Waals surface area contributed by atoms with Gasteiger partial charge in [0.2, 0.25) is 12.3 Å². The van der Waals surface area contributed by atoms with E-state index in [1.165, 1.54) is 14.1 Å². The zero-order chi connectivity index (χ0) is 20.4. The summed E-state index contributed by atoms with van der Waals surface area (Å²) in [5, 5.41) is 5.48. The number of hydrogen-bond acceptors (Lipinski definition) is 4. The Labute approximate surface area is 154 Å². The number of thioether (sulfide) groups is 1. The van der Waals surface area contributed by atoms with Crippen LogP contribution in [0, 0.1) is 11.6 Å². The number of nitrogens with one attached hydrogen (secondary N) is 1. The van der Waals surface area contributed by atoms with Gasteiger partial charge in [0.25, 0.3) is 0 Å². The van der Waals surface area contributed by atoms with Crippen LogP contribution in [0.2, 0.25) is 0 Å². The van der Waals surface area contributed by atoms with E-state index in [0.29, 0.717) is 22.7 Å². The number of amides is 2. The topological polar surface area (TPSA) is 67.2 Å². The number of alkyl halides is 3. The van der Waals surface area contributed by atoms with E-state index in [4.69, 9.17) is 0 Å². The quantitative estimate of drug-likeness (QED) is 0.454. The van der Waals surface area contributed by atoms with E-state index in [9.17, 15) is 31.5 Å². The molecule has 2 rings (SSSR count). The molecule has 1 aromatic carbocycles. The molecule has 27 heavy (non-hydrogen) atoms. The summed E-state index contributed by atoms with van der Waals surface area (Å²) >= 11 is 0.682. The number of hydrogen-bond donors (Lipinski definition) is 1. The number of nitrogens with zero attached hydrogens (tertiary/aromatic N) is 3. The lowest BCUT2D eigenvalue weighted by Gasteiger charge is -2.20. The standard InChI is InChI=1S/C15H13F5N4O2S/c1-21-11(26)6-27-14-12(13(15(18,19)20)22-23(14)2)24(7-25)10-4-3-8(16)5-9(10)17/h3-5,7H,6H2,1-2H3,(H,21,26). The highest BCUT2D eigenvalue weighted by Gasteiger charge is 2.41. The summed E-state index contributed by atoms with van der Waals surface area (Å²) in [5.74, 6) is -2.94. The first kappa shape index (κ1) is 20.7. The van der Waals surface area contributed by atoms with E-state index in [1.807, 2.05) is 0 Å². The van der Waals surface area contributed by atoms with Crippen molar-refractivity contribution in [1.82, 2.24) is 15.1 Å². The van der Waals surface area contributed by atoms with E-state index in [-0.39, 0.29) is 17.2 Å². The molecule has 0 aliphatic carbocycles. The lowest BCUT2D eigenvalue weighted by atomic mass is 10.2. The second kappa shape index (κ2) is 7.94. The van der Waals surface area contributed by atoms with Gasteiger partial charge in [-0.25, -0.2) is 8.78 Å². The van der Waals surface area contributed by atoms with E-state index in [1.54, 1.807) is 0 Å². The largest absolute Gasteiger partial charge is 0.437 e. The molecule has 1 heterocycles. The summed E-state index contributed by atoms with van der Waals surface area (Å²) in [7, 11) is 2.54. The van der Waals surface area contributed by atoms with Crippen LogP contribution in [0.5, 0.6) is 0 Å². The van der Waals surface area contributed by atoms with E-state index in [0.717, 1.165) is 16.8 Å². The highest BCUT2D eigenvalue weighted by molar-refractivity contribution is 8.00. The Balaban J connectivity index is 2.65. The smallest absolute Gasteiger partial charge is 0.358 e. The van der Waals surface area contributed by atoms with Crippen LogP contribution in [0.3, 0.4) is 0 Å². The first-order valence-corrected chi connectivity index (χ1v) is 8.25. The number of carbonyl (C=O) groups excluding carboxylic acids is 2. The van der Waals surface area contributed by atoms with E-state index < -0.39 is 40.8 Å². The molecule has 0 bridgehead atoms. The highest BCUT2D eigenvalue weighted by atomic mass is 32.2. The predicted octanol–water partition coefficient (Wildman–Crippen LogP) is 2.85. The molecule has 0 aliphatic rings. The molecule has 0 saturated carbocycles. The fourth-order valence-electron chi connectivity index (χ4n) is 2.18. The van der Waals surface area contributed by atoms with Crippen molar-refractivity contribution in [3.8, 4) is 0 Å².